The van der Waals surface area contributed by atoms with E-state index >= 15 is 0 Å². The number of benzene rings is 2. The molecule has 0 aliphatic heterocycles. The van der Waals surface area contributed by atoms with E-state index in [1.165, 1.54) is 18.3 Å². The molecule has 0 spiro atoms. The van der Waals surface area contributed by atoms with Crippen LogP contribution < -0.4 is 5.43 Å². The lowest BCUT2D eigenvalue weighted by Crippen LogP contribution is -2.07. The zero-order valence-electron chi connectivity index (χ0n) is 17.7. The van der Waals surface area contributed by atoms with Crippen molar-refractivity contribution in [2.75, 3.05) is 6.26 Å². The fraction of sp³-hybridized carbons (Fsp3) is 0.0833. The van der Waals surface area contributed by atoms with Crippen LogP contribution in [0.25, 0.3) is 45.1 Å². The highest BCUT2D eigenvalue weighted by molar-refractivity contribution is 7.90. The first-order valence-corrected chi connectivity index (χ1v) is 11.9. The Hall–Kier alpha value is -4.11. The van der Waals surface area contributed by atoms with E-state index in [1.54, 1.807) is 24.4 Å². The summed E-state index contributed by atoms with van der Waals surface area (Å²) in [6, 6.07) is 15.8. The molecule has 0 saturated carbocycles. The molecule has 0 bridgehead atoms. The first-order valence-electron chi connectivity index (χ1n) is 10.0. The summed E-state index contributed by atoms with van der Waals surface area (Å²) in [4.78, 5) is 20.8. The molecule has 0 unspecified atom stereocenters. The zero-order valence-corrected chi connectivity index (χ0v) is 18.6. The molecule has 2 aromatic carbocycles. The van der Waals surface area contributed by atoms with Crippen molar-refractivity contribution >= 4 is 20.9 Å². The summed E-state index contributed by atoms with van der Waals surface area (Å²) in [7, 11) is -3.29. The monoisotopic (exact) mass is 458 g/mol. The molecule has 8 nitrogen and oxygen atoms in total. The van der Waals surface area contributed by atoms with Crippen molar-refractivity contribution in [3.63, 3.8) is 0 Å². The van der Waals surface area contributed by atoms with Gasteiger partial charge in [0, 0.05) is 29.8 Å². The lowest BCUT2D eigenvalue weighted by molar-refractivity contribution is 0.584. The molecule has 0 aliphatic carbocycles. The topological polar surface area (TPSA) is 119 Å². The van der Waals surface area contributed by atoms with E-state index in [-0.39, 0.29) is 21.8 Å². The fourth-order valence-corrected chi connectivity index (χ4v) is 4.17. The number of hydrogen-bond donors (Lipinski definition) is 1. The maximum absolute atomic E-state index is 13.2. The molecule has 164 valence electrons. The van der Waals surface area contributed by atoms with E-state index in [9.17, 15) is 13.2 Å². The third-order valence-electron chi connectivity index (χ3n) is 5.27. The van der Waals surface area contributed by atoms with Crippen LogP contribution in [0.3, 0.4) is 0 Å². The van der Waals surface area contributed by atoms with Gasteiger partial charge in [-0.3, -0.25) is 4.79 Å². The molecule has 0 radical (unpaired) electrons. The molecular formula is C24H18N4O4S. The number of aromatic amines is 1. The highest BCUT2D eigenvalue weighted by atomic mass is 32.2. The molecule has 0 aliphatic rings. The molecule has 33 heavy (non-hydrogen) atoms. The van der Waals surface area contributed by atoms with Gasteiger partial charge in [0.25, 0.3) is 5.89 Å². The first kappa shape index (κ1) is 20.8. The van der Waals surface area contributed by atoms with Crippen molar-refractivity contribution in [2.45, 2.75) is 11.8 Å². The first-order chi connectivity index (χ1) is 15.8. The summed E-state index contributed by atoms with van der Waals surface area (Å²) in [6.07, 6.45) is 4.28. The second-order valence-electron chi connectivity index (χ2n) is 7.73. The van der Waals surface area contributed by atoms with Crippen molar-refractivity contribution in [2.24, 2.45) is 0 Å². The minimum Gasteiger partial charge on any atom is -0.416 e. The highest BCUT2D eigenvalue weighted by Gasteiger charge is 2.16. The number of nitrogens with zero attached hydrogens (tertiary/aromatic N) is 3. The maximum atomic E-state index is 13.2. The van der Waals surface area contributed by atoms with E-state index in [2.05, 4.69) is 20.2 Å². The predicted molar refractivity (Wildman–Crippen MR) is 124 cm³/mol. The maximum Gasteiger partial charge on any atom is 0.253 e. The Bertz CT molecular complexity index is 1670. The average molecular weight is 458 g/mol. The van der Waals surface area contributed by atoms with Crippen LogP contribution in [-0.2, 0) is 9.84 Å². The lowest BCUT2D eigenvalue weighted by Gasteiger charge is -2.05. The van der Waals surface area contributed by atoms with Crippen LogP contribution >= 0.6 is 0 Å². The lowest BCUT2D eigenvalue weighted by atomic mass is 10.1. The molecule has 3 heterocycles. The van der Waals surface area contributed by atoms with Crippen LogP contribution in [0.15, 0.2) is 81.1 Å². The number of rotatable bonds is 4. The van der Waals surface area contributed by atoms with Crippen LogP contribution in [0.1, 0.15) is 5.56 Å². The van der Waals surface area contributed by atoms with Gasteiger partial charge in [0.15, 0.2) is 9.84 Å². The van der Waals surface area contributed by atoms with Gasteiger partial charge in [-0.15, -0.1) is 10.2 Å². The molecular weight excluding hydrogens is 440 g/mol. The van der Waals surface area contributed by atoms with Gasteiger partial charge in [-0.05, 0) is 42.8 Å². The predicted octanol–water partition coefficient (Wildman–Crippen LogP) is 4.02. The van der Waals surface area contributed by atoms with E-state index in [0.717, 1.165) is 22.9 Å². The standard InChI is InChI=1S/C24H18N4O4S/c1-14-4-3-5-16(10-14)23-27-28-24(32-23)20-13-26-22-19(21(20)29)11-17(12-25-22)15-6-8-18(9-7-15)33(2,30)31/h3-13H,1-2H3,(H,25,26,29). The molecule has 5 aromatic rings. The smallest absolute Gasteiger partial charge is 0.253 e. The van der Waals surface area contributed by atoms with Gasteiger partial charge in [0.1, 0.15) is 11.2 Å². The third-order valence-corrected chi connectivity index (χ3v) is 6.39. The normalized spacial score (nSPS) is 11.7. The van der Waals surface area contributed by atoms with Crippen LogP contribution in [0.4, 0.5) is 0 Å². The molecule has 0 amide bonds. The van der Waals surface area contributed by atoms with Gasteiger partial charge in [0.2, 0.25) is 11.3 Å². The molecule has 3 aromatic heterocycles. The van der Waals surface area contributed by atoms with E-state index in [4.69, 9.17) is 4.42 Å². The second kappa shape index (κ2) is 7.79. The number of aromatic nitrogens is 4. The quantitative estimate of drug-likeness (QED) is 0.432. The summed E-state index contributed by atoms with van der Waals surface area (Å²) in [5, 5.41) is 8.50. The molecule has 5 rings (SSSR count). The molecule has 0 fully saturated rings. The Morgan fingerprint density at radius 2 is 1.67 bits per heavy atom. The zero-order chi connectivity index (χ0) is 23.2. The summed E-state index contributed by atoms with van der Waals surface area (Å²) >= 11 is 0. The van der Waals surface area contributed by atoms with Crippen molar-refractivity contribution in [3.05, 3.63) is 82.8 Å². The van der Waals surface area contributed by atoms with E-state index in [1.807, 2.05) is 31.2 Å². The highest BCUT2D eigenvalue weighted by Crippen LogP contribution is 2.25. The Morgan fingerprint density at radius 1 is 0.909 bits per heavy atom. The van der Waals surface area contributed by atoms with Crippen molar-refractivity contribution in [3.8, 4) is 34.0 Å². The number of nitrogens with one attached hydrogen (secondary N) is 1. The Balaban J connectivity index is 1.56. The second-order valence-corrected chi connectivity index (χ2v) is 9.75. The van der Waals surface area contributed by atoms with Crippen molar-refractivity contribution < 1.29 is 12.8 Å². The summed E-state index contributed by atoms with van der Waals surface area (Å²) < 4.78 is 29.2. The van der Waals surface area contributed by atoms with Crippen LogP contribution in [0.2, 0.25) is 0 Å². The van der Waals surface area contributed by atoms with Gasteiger partial charge in [0.05, 0.1) is 10.3 Å². The Morgan fingerprint density at radius 3 is 2.39 bits per heavy atom. The van der Waals surface area contributed by atoms with Crippen molar-refractivity contribution in [1.29, 1.82) is 0 Å². The number of pyridine rings is 2. The fourth-order valence-electron chi connectivity index (χ4n) is 3.54. The third kappa shape index (κ3) is 3.94. The van der Waals surface area contributed by atoms with Gasteiger partial charge < -0.3 is 9.40 Å². The Labute approximate surface area is 188 Å². The van der Waals surface area contributed by atoms with Gasteiger partial charge in [-0.1, -0.05) is 29.8 Å². The summed E-state index contributed by atoms with van der Waals surface area (Å²) in [5.41, 5.74) is 3.59. The average Bonchev–Trinajstić information content (AvgIpc) is 3.29. The van der Waals surface area contributed by atoms with Crippen LogP contribution in [-0.4, -0.2) is 34.8 Å². The summed E-state index contributed by atoms with van der Waals surface area (Å²) in [6.45, 7) is 1.97. The van der Waals surface area contributed by atoms with Crippen molar-refractivity contribution in [1.82, 2.24) is 20.2 Å². The molecule has 0 saturated heterocycles. The van der Waals surface area contributed by atoms with E-state index in [0.29, 0.717) is 22.5 Å². The van der Waals surface area contributed by atoms with Crippen LogP contribution in [0, 0.1) is 6.92 Å². The molecule has 9 heteroatoms. The summed E-state index contributed by atoms with van der Waals surface area (Å²) in [5.74, 6) is 0.434. The largest absolute Gasteiger partial charge is 0.416 e. The Kier molecular flexibility index (Phi) is 4.90. The van der Waals surface area contributed by atoms with E-state index < -0.39 is 9.84 Å². The minimum absolute atomic E-state index is 0.109. The van der Waals surface area contributed by atoms with Gasteiger partial charge in [-0.2, -0.15) is 0 Å². The van der Waals surface area contributed by atoms with Gasteiger partial charge in [-0.25, -0.2) is 13.4 Å². The number of hydrogen-bond acceptors (Lipinski definition) is 7. The van der Waals surface area contributed by atoms with Gasteiger partial charge >= 0.3 is 0 Å². The number of fused-ring (bicyclic) bond motifs is 1. The number of sulfone groups is 1. The molecule has 1 N–H and O–H groups in total. The minimum atomic E-state index is -3.29. The van der Waals surface area contributed by atoms with Crippen LogP contribution in [0.5, 0.6) is 0 Å². The SMILES string of the molecule is Cc1cccc(-c2nnc(-c3c[nH]c4ncc(-c5ccc(S(C)(=O)=O)cc5)cc4c3=O)o2)c1. The number of H-pyrrole nitrogens is 1. The molecule has 0 atom stereocenters. The number of aryl methyl sites for hydroxylation is 1.